The highest BCUT2D eigenvalue weighted by Crippen LogP contribution is 2.26. The number of aliphatic carboxylic acids is 1. The Morgan fingerprint density at radius 1 is 1.27 bits per heavy atom. The number of nitrogens with zero attached hydrogens (tertiary/aromatic N) is 5. The van der Waals surface area contributed by atoms with Crippen LogP contribution < -0.4 is 5.32 Å². The molecule has 0 aliphatic carbocycles. The van der Waals surface area contributed by atoms with Crippen molar-refractivity contribution in [2.24, 2.45) is 5.92 Å². The predicted molar refractivity (Wildman–Crippen MR) is 94.2 cm³/mol. The zero-order valence-corrected chi connectivity index (χ0v) is 15.0. The number of carbonyl (C=O) groups excluding carboxylic acids is 1. The van der Waals surface area contributed by atoms with Crippen molar-refractivity contribution in [2.45, 2.75) is 32.6 Å². The lowest BCUT2D eigenvalue weighted by Crippen LogP contribution is -2.34. The first-order valence-corrected chi connectivity index (χ1v) is 8.42. The Morgan fingerprint density at radius 3 is 2.54 bits per heavy atom. The van der Waals surface area contributed by atoms with E-state index in [1.54, 1.807) is 24.5 Å². The fourth-order valence-electron chi connectivity index (χ4n) is 2.72. The van der Waals surface area contributed by atoms with E-state index in [0.29, 0.717) is 24.7 Å². The quantitative estimate of drug-likeness (QED) is 0.866. The van der Waals surface area contributed by atoms with Gasteiger partial charge in [0.25, 0.3) is 5.95 Å². The van der Waals surface area contributed by atoms with Gasteiger partial charge in [0, 0.05) is 37.0 Å². The number of amides is 2. The van der Waals surface area contributed by atoms with Gasteiger partial charge in [-0.15, -0.1) is 0 Å². The lowest BCUT2D eigenvalue weighted by Gasteiger charge is -2.16. The Bertz CT molecular complexity index is 812. The van der Waals surface area contributed by atoms with Crippen molar-refractivity contribution in [1.29, 1.82) is 0 Å². The van der Waals surface area contributed by atoms with Gasteiger partial charge in [0.2, 0.25) is 0 Å². The molecule has 2 N–H and O–H groups in total. The molecule has 9 heteroatoms. The van der Waals surface area contributed by atoms with Crippen LogP contribution in [-0.4, -0.2) is 54.8 Å². The number of rotatable bonds is 3. The molecule has 1 aliphatic rings. The Balaban J connectivity index is 1.86. The van der Waals surface area contributed by atoms with Gasteiger partial charge in [-0.2, -0.15) is 9.78 Å². The second kappa shape index (κ2) is 6.74. The highest BCUT2D eigenvalue weighted by molar-refractivity contribution is 5.89. The van der Waals surface area contributed by atoms with Gasteiger partial charge in [-0.25, -0.2) is 14.8 Å². The molecule has 0 aromatic carbocycles. The standard InChI is InChI=1S/C17H22N6O3/c1-17(2,3)12-9-13(23(21-12)15-18-6-4-7-19-15)20-16(26)22-8-5-11(10-22)14(24)25/h4,6-7,9,11H,5,8,10H2,1-3H3,(H,20,26)(H,24,25). The molecule has 0 spiro atoms. The summed E-state index contributed by atoms with van der Waals surface area (Å²) in [5.74, 6) is -0.598. The van der Waals surface area contributed by atoms with Crippen LogP contribution in [0.5, 0.6) is 0 Å². The maximum atomic E-state index is 12.6. The van der Waals surface area contributed by atoms with Crippen molar-refractivity contribution in [1.82, 2.24) is 24.6 Å². The molecule has 1 saturated heterocycles. The lowest BCUT2D eigenvalue weighted by atomic mass is 9.92. The second-order valence-corrected chi connectivity index (χ2v) is 7.33. The van der Waals surface area contributed by atoms with Crippen LogP contribution in [0, 0.1) is 5.92 Å². The van der Waals surface area contributed by atoms with Gasteiger partial charge in [0.1, 0.15) is 5.82 Å². The summed E-state index contributed by atoms with van der Waals surface area (Å²) in [5, 5.41) is 16.5. The predicted octanol–water partition coefficient (Wildman–Crippen LogP) is 1.90. The van der Waals surface area contributed by atoms with Gasteiger partial charge in [-0.1, -0.05) is 20.8 Å². The number of hydrogen-bond acceptors (Lipinski definition) is 5. The van der Waals surface area contributed by atoms with Crippen molar-refractivity contribution in [3.05, 3.63) is 30.2 Å². The number of carboxylic acid groups (broad SMARTS) is 1. The normalized spacial score (nSPS) is 17.3. The number of urea groups is 1. The molecule has 9 nitrogen and oxygen atoms in total. The molecule has 3 rings (SSSR count). The monoisotopic (exact) mass is 358 g/mol. The summed E-state index contributed by atoms with van der Waals surface area (Å²) in [6.45, 7) is 6.67. The summed E-state index contributed by atoms with van der Waals surface area (Å²) < 4.78 is 1.49. The molecule has 1 unspecified atom stereocenters. The molecule has 1 atom stereocenters. The molecule has 2 aromatic rings. The third-order valence-electron chi connectivity index (χ3n) is 4.28. The van der Waals surface area contributed by atoms with E-state index in [1.165, 1.54) is 9.58 Å². The van der Waals surface area contributed by atoms with E-state index in [-0.39, 0.29) is 18.0 Å². The van der Waals surface area contributed by atoms with Crippen LogP contribution in [0.2, 0.25) is 0 Å². The van der Waals surface area contributed by atoms with E-state index in [9.17, 15) is 9.59 Å². The largest absolute Gasteiger partial charge is 0.481 e. The number of carboxylic acids is 1. The van der Waals surface area contributed by atoms with E-state index >= 15 is 0 Å². The van der Waals surface area contributed by atoms with E-state index in [4.69, 9.17) is 5.11 Å². The molecule has 1 fully saturated rings. The number of carbonyl (C=O) groups is 2. The average Bonchev–Trinajstić information content (AvgIpc) is 3.22. The zero-order chi connectivity index (χ0) is 18.9. The first-order chi connectivity index (χ1) is 12.3. The number of nitrogens with one attached hydrogen (secondary N) is 1. The molecule has 2 amide bonds. The first kappa shape index (κ1) is 17.8. The number of anilines is 1. The molecule has 3 heterocycles. The SMILES string of the molecule is CC(C)(C)c1cc(NC(=O)N2CCC(C(=O)O)C2)n(-c2ncccn2)n1. The summed E-state index contributed by atoms with van der Waals surface area (Å²) in [5.41, 5.74) is 0.562. The molecule has 0 saturated carbocycles. The van der Waals surface area contributed by atoms with E-state index < -0.39 is 11.9 Å². The third kappa shape index (κ3) is 3.66. The van der Waals surface area contributed by atoms with Crippen molar-refractivity contribution < 1.29 is 14.7 Å². The fraction of sp³-hybridized carbons (Fsp3) is 0.471. The van der Waals surface area contributed by atoms with Gasteiger partial charge in [0.15, 0.2) is 0 Å². The fourth-order valence-corrected chi connectivity index (χ4v) is 2.72. The molecule has 26 heavy (non-hydrogen) atoms. The molecular weight excluding hydrogens is 336 g/mol. The molecule has 2 aromatic heterocycles. The van der Waals surface area contributed by atoms with E-state index in [0.717, 1.165) is 5.69 Å². The molecular formula is C17H22N6O3. The Labute approximate surface area is 151 Å². The highest BCUT2D eigenvalue weighted by atomic mass is 16.4. The molecule has 138 valence electrons. The summed E-state index contributed by atoms with van der Waals surface area (Å²) in [7, 11) is 0. The summed E-state index contributed by atoms with van der Waals surface area (Å²) in [4.78, 5) is 33.5. The molecule has 0 bridgehead atoms. The van der Waals surface area contributed by atoms with Gasteiger partial charge in [-0.05, 0) is 12.5 Å². The topological polar surface area (TPSA) is 113 Å². The summed E-state index contributed by atoms with van der Waals surface area (Å²) in [6.07, 6.45) is 3.66. The summed E-state index contributed by atoms with van der Waals surface area (Å²) in [6, 6.07) is 3.14. The lowest BCUT2D eigenvalue weighted by molar-refractivity contribution is -0.141. The van der Waals surface area contributed by atoms with Crippen molar-refractivity contribution in [3.63, 3.8) is 0 Å². The van der Waals surface area contributed by atoms with E-state index in [2.05, 4.69) is 20.4 Å². The molecule has 1 aliphatic heterocycles. The van der Waals surface area contributed by atoms with Crippen molar-refractivity contribution in [2.75, 3.05) is 18.4 Å². The highest BCUT2D eigenvalue weighted by Gasteiger charge is 2.31. The van der Waals surface area contributed by atoms with Crippen molar-refractivity contribution in [3.8, 4) is 5.95 Å². The smallest absolute Gasteiger partial charge is 0.323 e. The Kier molecular flexibility index (Phi) is 4.62. The zero-order valence-electron chi connectivity index (χ0n) is 15.0. The second-order valence-electron chi connectivity index (χ2n) is 7.33. The number of aromatic nitrogens is 4. The third-order valence-corrected chi connectivity index (χ3v) is 4.28. The van der Waals surface area contributed by atoms with Crippen LogP contribution in [0.25, 0.3) is 5.95 Å². The van der Waals surface area contributed by atoms with Crippen molar-refractivity contribution >= 4 is 17.8 Å². The van der Waals surface area contributed by atoms with Crippen LogP contribution in [0.3, 0.4) is 0 Å². The average molecular weight is 358 g/mol. The maximum Gasteiger partial charge on any atom is 0.323 e. The first-order valence-electron chi connectivity index (χ1n) is 8.42. The maximum absolute atomic E-state index is 12.6. The van der Waals surface area contributed by atoms with E-state index in [1.807, 2.05) is 20.8 Å². The number of hydrogen-bond donors (Lipinski definition) is 2. The summed E-state index contributed by atoms with van der Waals surface area (Å²) >= 11 is 0. The van der Waals surface area contributed by atoms with Crippen LogP contribution in [0.4, 0.5) is 10.6 Å². The molecule has 0 radical (unpaired) electrons. The van der Waals surface area contributed by atoms with Crippen LogP contribution in [0.1, 0.15) is 32.9 Å². The Hall–Kier alpha value is -2.97. The van der Waals surface area contributed by atoms with Gasteiger partial charge < -0.3 is 10.0 Å². The van der Waals surface area contributed by atoms with Crippen LogP contribution >= 0.6 is 0 Å². The minimum Gasteiger partial charge on any atom is -0.481 e. The number of likely N-dealkylation sites (tertiary alicyclic amines) is 1. The minimum atomic E-state index is -0.877. The minimum absolute atomic E-state index is 0.198. The van der Waals surface area contributed by atoms with Gasteiger partial charge in [0.05, 0.1) is 11.6 Å². The van der Waals surface area contributed by atoms with Gasteiger partial charge in [-0.3, -0.25) is 10.1 Å². The van der Waals surface area contributed by atoms with Crippen LogP contribution in [0.15, 0.2) is 24.5 Å². The Morgan fingerprint density at radius 2 is 1.96 bits per heavy atom. The van der Waals surface area contributed by atoms with Crippen LogP contribution in [-0.2, 0) is 10.2 Å². The van der Waals surface area contributed by atoms with Gasteiger partial charge >= 0.3 is 12.0 Å².